The minimum Gasteiger partial charge on any atom is -0.334 e. The highest BCUT2D eigenvalue weighted by molar-refractivity contribution is 6.42. The van der Waals surface area contributed by atoms with Crippen molar-refractivity contribution in [2.45, 2.75) is 39.3 Å². The predicted molar refractivity (Wildman–Crippen MR) is 96.8 cm³/mol. The lowest BCUT2D eigenvalue weighted by Crippen LogP contribution is -2.36. The fourth-order valence-corrected chi connectivity index (χ4v) is 3.30. The number of aromatic nitrogens is 2. The lowest BCUT2D eigenvalue weighted by atomic mass is 10.0. The number of unbranched alkanes of at least 4 members (excludes halogenated alkanes) is 1. The molecule has 0 spiro atoms. The third-order valence-corrected chi connectivity index (χ3v) is 5.12. The second kappa shape index (κ2) is 7.47. The van der Waals surface area contributed by atoms with Crippen LogP contribution in [0.3, 0.4) is 0 Å². The number of aryl methyl sites for hydroxylation is 1. The average molecular weight is 377 g/mol. The molecule has 7 heteroatoms. The molecule has 3 rings (SSSR count). The highest BCUT2D eigenvalue weighted by Crippen LogP contribution is 2.26. The largest absolute Gasteiger partial charge is 0.334 e. The number of nitrogens with zero attached hydrogens (tertiary/aromatic N) is 4. The van der Waals surface area contributed by atoms with Crippen LogP contribution in [0.4, 0.5) is 0 Å². The summed E-state index contributed by atoms with van der Waals surface area (Å²) in [5.41, 5.74) is 2.84. The Balaban J connectivity index is 1.85. The van der Waals surface area contributed by atoms with Crippen LogP contribution in [-0.2, 0) is 19.5 Å². The van der Waals surface area contributed by atoms with E-state index in [0.29, 0.717) is 40.8 Å². The summed E-state index contributed by atoms with van der Waals surface area (Å²) >= 11 is 11.9. The van der Waals surface area contributed by atoms with Crippen LogP contribution in [0.15, 0.2) is 18.2 Å². The minimum atomic E-state index is -0.116. The molecule has 0 radical (unpaired) electrons. The number of amides is 1. The van der Waals surface area contributed by atoms with Gasteiger partial charge in [-0.2, -0.15) is 10.4 Å². The number of carbonyl (C=O) groups excluding carboxylic acids is 1. The number of halogens is 2. The molecule has 0 fully saturated rings. The van der Waals surface area contributed by atoms with Gasteiger partial charge in [0.1, 0.15) is 11.8 Å². The maximum atomic E-state index is 12.8. The summed E-state index contributed by atoms with van der Waals surface area (Å²) in [6.07, 6.45) is 2.66. The Morgan fingerprint density at radius 1 is 1.36 bits per heavy atom. The van der Waals surface area contributed by atoms with Crippen LogP contribution in [0.1, 0.15) is 47.1 Å². The first-order valence-corrected chi connectivity index (χ1v) is 9.03. The van der Waals surface area contributed by atoms with Crippen LogP contribution in [0, 0.1) is 11.3 Å². The molecule has 0 saturated heterocycles. The van der Waals surface area contributed by atoms with Gasteiger partial charge in [0, 0.05) is 30.6 Å². The Bertz CT molecular complexity index is 853. The highest BCUT2D eigenvalue weighted by atomic mass is 35.5. The summed E-state index contributed by atoms with van der Waals surface area (Å²) in [7, 11) is 0. The van der Waals surface area contributed by atoms with E-state index < -0.39 is 0 Å². The van der Waals surface area contributed by atoms with Crippen LogP contribution < -0.4 is 0 Å². The lowest BCUT2D eigenvalue weighted by Gasteiger charge is -2.26. The fourth-order valence-electron chi connectivity index (χ4n) is 3.01. The van der Waals surface area contributed by atoms with Crippen molar-refractivity contribution < 1.29 is 4.79 Å². The molecule has 1 amide bonds. The third kappa shape index (κ3) is 3.51. The van der Waals surface area contributed by atoms with Gasteiger partial charge in [-0.15, -0.1) is 0 Å². The molecule has 5 nitrogen and oxygen atoms in total. The van der Waals surface area contributed by atoms with Crippen LogP contribution in [0.25, 0.3) is 0 Å². The van der Waals surface area contributed by atoms with Crippen LogP contribution in [0.5, 0.6) is 0 Å². The summed E-state index contributed by atoms with van der Waals surface area (Å²) in [6.45, 7) is 3.80. The topological polar surface area (TPSA) is 61.9 Å². The molecule has 0 saturated carbocycles. The lowest BCUT2D eigenvalue weighted by molar-refractivity contribution is 0.0734. The van der Waals surface area contributed by atoms with Gasteiger partial charge in [-0.1, -0.05) is 36.5 Å². The van der Waals surface area contributed by atoms with E-state index in [1.165, 1.54) is 0 Å². The van der Waals surface area contributed by atoms with Gasteiger partial charge in [0.2, 0.25) is 0 Å². The molecule has 2 aromatic rings. The fraction of sp³-hybridized carbons (Fsp3) is 0.389. The zero-order valence-corrected chi connectivity index (χ0v) is 15.4. The Hall–Kier alpha value is -2.03. The van der Waals surface area contributed by atoms with E-state index in [1.54, 1.807) is 27.8 Å². The molecule has 1 aliphatic rings. The summed E-state index contributed by atoms with van der Waals surface area (Å²) in [4.78, 5) is 14.5. The Labute approximate surface area is 156 Å². The van der Waals surface area contributed by atoms with E-state index in [0.717, 1.165) is 30.6 Å². The molecule has 1 aliphatic heterocycles. The van der Waals surface area contributed by atoms with E-state index in [9.17, 15) is 10.1 Å². The standard InChI is InChI=1S/C18H18Cl2N4O/c1-2-3-7-24-17(10-21)13-11-23(8-6-16(13)22-24)18(25)12-4-5-14(19)15(20)9-12/h4-5,9H,2-3,6-8,11H2,1H3. The van der Waals surface area contributed by atoms with Gasteiger partial charge in [0.05, 0.1) is 22.3 Å². The molecule has 1 aromatic carbocycles. The first-order chi connectivity index (χ1) is 12.0. The highest BCUT2D eigenvalue weighted by Gasteiger charge is 2.28. The van der Waals surface area contributed by atoms with Crippen molar-refractivity contribution in [2.24, 2.45) is 0 Å². The van der Waals surface area contributed by atoms with Crippen LogP contribution in [0.2, 0.25) is 10.0 Å². The van der Waals surface area contributed by atoms with Gasteiger partial charge in [-0.25, -0.2) is 0 Å². The molecule has 2 heterocycles. The van der Waals surface area contributed by atoms with Gasteiger partial charge in [-0.3, -0.25) is 9.48 Å². The van der Waals surface area contributed by atoms with E-state index >= 15 is 0 Å². The van der Waals surface area contributed by atoms with Crippen LogP contribution in [-0.4, -0.2) is 27.1 Å². The molecule has 130 valence electrons. The van der Waals surface area contributed by atoms with E-state index in [2.05, 4.69) is 18.1 Å². The monoisotopic (exact) mass is 376 g/mol. The Morgan fingerprint density at radius 3 is 2.84 bits per heavy atom. The first-order valence-electron chi connectivity index (χ1n) is 8.28. The van der Waals surface area contributed by atoms with E-state index in [4.69, 9.17) is 23.2 Å². The summed E-state index contributed by atoms with van der Waals surface area (Å²) < 4.78 is 1.78. The predicted octanol–water partition coefficient (Wildman–Crippen LogP) is 4.06. The normalized spacial score (nSPS) is 13.4. The van der Waals surface area contributed by atoms with Crippen molar-refractivity contribution in [1.82, 2.24) is 14.7 Å². The molecule has 0 atom stereocenters. The van der Waals surface area contributed by atoms with Crippen molar-refractivity contribution in [2.75, 3.05) is 6.54 Å². The molecule has 0 aliphatic carbocycles. The molecule has 0 N–H and O–H groups in total. The first kappa shape index (κ1) is 17.8. The smallest absolute Gasteiger partial charge is 0.254 e. The average Bonchev–Trinajstić information content (AvgIpc) is 2.98. The number of nitriles is 1. The van der Waals surface area contributed by atoms with Gasteiger partial charge >= 0.3 is 0 Å². The molecule has 0 bridgehead atoms. The van der Waals surface area contributed by atoms with Gasteiger partial charge in [-0.05, 0) is 24.6 Å². The summed E-state index contributed by atoms with van der Waals surface area (Å²) in [5.74, 6) is -0.116. The maximum Gasteiger partial charge on any atom is 0.254 e. The Kier molecular flexibility index (Phi) is 5.31. The molecule has 0 unspecified atom stereocenters. The SMILES string of the molecule is CCCCn1nc2c(c1C#N)CN(C(=O)c1ccc(Cl)c(Cl)c1)CC2. The molecular weight excluding hydrogens is 359 g/mol. The number of hydrogen-bond acceptors (Lipinski definition) is 3. The maximum absolute atomic E-state index is 12.8. The summed E-state index contributed by atoms with van der Waals surface area (Å²) in [5, 5.41) is 14.9. The van der Waals surface area contributed by atoms with E-state index in [-0.39, 0.29) is 5.91 Å². The minimum absolute atomic E-state index is 0.116. The second-order valence-corrected chi connectivity index (χ2v) is 6.88. The molecule has 1 aromatic heterocycles. The van der Waals surface area contributed by atoms with E-state index in [1.807, 2.05) is 0 Å². The molecule has 25 heavy (non-hydrogen) atoms. The van der Waals surface area contributed by atoms with Crippen molar-refractivity contribution >= 4 is 29.1 Å². The number of hydrogen-bond donors (Lipinski definition) is 0. The number of fused-ring (bicyclic) bond motifs is 1. The summed E-state index contributed by atoms with van der Waals surface area (Å²) in [6, 6.07) is 7.12. The zero-order chi connectivity index (χ0) is 18.0. The van der Waals surface area contributed by atoms with Crippen molar-refractivity contribution in [3.05, 3.63) is 50.8 Å². The quantitative estimate of drug-likeness (QED) is 0.807. The van der Waals surface area contributed by atoms with Gasteiger partial charge in [0.15, 0.2) is 0 Å². The van der Waals surface area contributed by atoms with Crippen molar-refractivity contribution in [1.29, 1.82) is 5.26 Å². The van der Waals surface area contributed by atoms with Crippen molar-refractivity contribution in [3.63, 3.8) is 0 Å². The Morgan fingerprint density at radius 2 is 2.16 bits per heavy atom. The van der Waals surface area contributed by atoms with Crippen LogP contribution >= 0.6 is 23.2 Å². The zero-order valence-electron chi connectivity index (χ0n) is 13.9. The number of benzene rings is 1. The number of rotatable bonds is 4. The van der Waals surface area contributed by atoms with Gasteiger partial charge < -0.3 is 4.90 Å². The van der Waals surface area contributed by atoms with Gasteiger partial charge in [0.25, 0.3) is 5.91 Å². The van der Waals surface area contributed by atoms with Crippen molar-refractivity contribution in [3.8, 4) is 6.07 Å². The number of carbonyl (C=O) groups is 1. The second-order valence-electron chi connectivity index (χ2n) is 6.07. The third-order valence-electron chi connectivity index (χ3n) is 4.38. The molecular formula is C18H18Cl2N4O.